The van der Waals surface area contributed by atoms with Crippen LogP contribution in [0.2, 0.25) is 4.34 Å². The van der Waals surface area contributed by atoms with Gasteiger partial charge in [-0.2, -0.15) is 0 Å². The van der Waals surface area contributed by atoms with Gasteiger partial charge in [0.15, 0.2) is 0 Å². The maximum absolute atomic E-state index is 12.4. The van der Waals surface area contributed by atoms with Gasteiger partial charge in [-0.1, -0.05) is 29.8 Å². The number of rotatable bonds is 6. The van der Waals surface area contributed by atoms with Crippen LogP contribution < -0.4 is 5.32 Å². The molecular weight excluding hydrogens is 386 g/mol. The lowest BCUT2D eigenvalue weighted by atomic mass is 10.2. The Bertz CT molecular complexity index is 870. The summed E-state index contributed by atoms with van der Waals surface area (Å²) in [6.45, 7) is 0.526. The molecule has 0 aliphatic heterocycles. The number of aromatic nitrogens is 1. The maximum atomic E-state index is 12.4. The molecule has 0 spiro atoms. The molecule has 3 aromatic rings. The summed E-state index contributed by atoms with van der Waals surface area (Å²) in [6, 6.07) is 17.4. The van der Waals surface area contributed by atoms with Gasteiger partial charge >= 0.3 is 6.03 Å². The molecule has 3 rings (SSSR count). The number of amides is 2. The topological polar surface area (TPSA) is 45.2 Å². The Labute approximate surface area is 166 Å². The molecule has 0 aliphatic carbocycles. The predicted molar refractivity (Wildman–Crippen MR) is 110 cm³/mol. The quantitative estimate of drug-likeness (QED) is 0.532. The number of thioether (sulfide) groups is 1. The Morgan fingerprint density at radius 1 is 1.23 bits per heavy atom. The van der Waals surface area contributed by atoms with Gasteiger partial charge in [0, 0.05) is 29.6 Å². The van der Waals surface area contributed by atoms with Gasteiger partial charge in [-0.25, -0.2) is 9.78 Å². The van der Waals surface area contributed by atoms with Crippen LogP contribution in [0.5, 0.6) is 0 Å². The molecule has 0 atom stereocenters. The fourth-order valence-corrected chi connectivity index (χ4v) is 4.24. The molecule has 0 bridgehead atoms. The molecule has 2 aromatic heterocycles. The Balaban J connectivity index is 1.56. The van der Waals surface area contributed by atoms with Crippen LogP contribution in [-0.4, -0.2) is 23.0 Å². The molecule has 1 aromatic carbocycles. The van der Waals surface area contributed by atoms with Crippen molar-refractivity contribution in [2.24, 2.45) is 0 Å². The highest BCUT2D eigenvalue weighted by atomic mass is 35.5. The monoisotopic (exact) mass is 403 g/mol. The number of halogens is 1. The minimum atomic E-state index is -0.149. The highest BCUT2D eigenvalue weighted by Gasteiger charge is 2.11. The standard InChI is InChI=1S/C19H18ClN3OS2/c1-23(12-16-8-9-17(20)26-16)19(24)22-15-6-4-5-14(11-15)13-25-18-7-2-3-10-21-18/h2-11H,12-13H2,1H3,(H,22,24). The smallest absolute Gasteiger partial charge is 0.321 e. The number of nitrogens with one attached hydrogen (secondary N) is 1. The van der Waals surface area contributed by atoms with Gasteiger partial charge in [0.25, 0.3) is 0 Å². The predicted octanol–water partition coefficient (Wildman–Crippen LogP) is 5.75. The highest BCUT2D eigenvalue weighted by Crippen LogP contribution is 2.24. The first-order valence-electron chi connectivity index (χ1n) is 7.99. The van der Waals surface area contributed by atoms with Crippen molar-refractivity contribution >= 4 is 46.4 Å². The molecule has 0 unspecified atom stereocenters. The first-order valence-corrected chi connectivity index (χ1v) is 10.2. The zero-order chi connectivity index (χ0) is 18.4. The summed E-state index contributed by atoms with van der Waals surface area (Å²) in [5.74, 6) is 0.796. The van der Waals surface area contributed by atoms with Crippen molar-refractivity contribution in [3.63, 3.8) is 0 Å². The Morgan fingerprint density at radius 3 is 2.85 bits per heavy atom. The average molecular weight is 404 g/mol. The first-order chi connectivity index (χ1) is 12.6. The third kappa shape index (κ3) is 5.49. The third-order valence-electron chi connectivity index (χ3n) is 3.57. The van der Waals surface area contributed by atoms with E-state index in [0.717, 1.165) is 31.2 Å². The average Bonchev–Trinajstić information content (AvgIpc) is 3.06. The number of carbonyl (C=O) groups excluding carboxylic acids is 1. The van der Waals surface area contributed by atoms with Crippen LogP contribution >= 0.6 is 34.7 Å². The fraction of sp³-hybridized carbons (Fsp3) is 0.158. The number of benzene rings is 1. The van der Waals surface area contributed by atoms with Crippen LogP contribution in [0.3, 0.4) is 0 Å². The van der Waals surface area contributed by atoms with E-state index in [-0.39, 0.29) is 6.03 Å². The van der Waals surface area contributed by atoms with Gasteiger partial charge in [-0.05, 0) is 42.0 Å². The van der Waals surface area contributed by atoms with Gasteiger partial charge in [-0.3, -0.25) is 0 Å². The number of hydrogen-bond acceptors (Lipinski definition) is 4. The van der Waals surface area contributed by atoms with Crippen molar-refractivity contribution in [1.29, 1.82) is 0 Å². The molecule has 0 saturated carbocycles. The summed E-state index contributed by atoms with van der Waals surface area (Å²) in [5.41, 5.74) is 1.91. The SMILES string of the molecule is CN(Cc1ccc(Cl)s1)C(=O)Nc1cccc(CSc2ccccn2)c1. The van der Waals surface area contributed by atoms with E-state index in [0.29, 0.717) is 6.54 Å². The highest BCUT2D eigenvalue weighted by molar-refractivity contribution is 7.98. The minimum absolute atomic E-state index is 0.149. The van der Waals surface area contributed by atoms with Crippen LogP contribution in [0.15, 0.2) is 65.8 Å². The van der Waals surface area contributed by atoms with Crippen molar-refractivity contribution < 1.29 is 4.79 Å². The number of urea groups is 1. The van der Waals surface area contributed by atoms with Crippen LogP contribution in [-0.2, 0) is 12.3 Å². The van der Waals surface area contributed by atoms with E-state index in [4.69, 9.17) is 11.6 Å². The lowest BCUT2D eigenvalue weighted by molar-refractivity contribution is 0.221. The number of pyridine rings is 1. The molecule has 4 nitrogen and oxygen atoms in total. The second kappa shape index (κ2) is 9.07. The summed E-state index contributed by atoms with van der Waals surface area (Å²) in [4.78, 5) is 19.4. The number of carbonyl (C=O) groups is 1. The maximum Gasteiger partial charge on any atom is 0.321 e. The van der Waals surface area contributed by atoms with Gasteiger partial charge in [0.05, 0.1) is 15.9 Å². The van der Waals surface area contributed by atoms with Crippen molar-refractivity contribution in [1.82, 2.24) is 9.88 Å². The number of anilines is 1. The molecule has 0 saturated heterocycles. The molecule has 2 amide bonds. The van der Waals surface area contributed by atoms with E-state index < -0.39 is 0 Å². The number of thiophene rings is 1. The van der Waals surface area contributed by atoms with Gasteiger partial charge in [0.1, 0.15) is 0 Å². The number of nitrogens with zero attached hydrogens (tertiary/aromatic N) is 2. The second-order valence-corrected chi connectivity index (χ2v) is 8.44. The zero-order valence-electron chi connectivity index (χ0n) is 14.2. The lowest BCUT2D eigenvalue weighted by Crippen LogP contribution is -2.30. The molecule has 0 fully saturated rings. The molecule has 7 heteroatoms. The van der Waals surface area contributed by atoms with Gasteiger partial charge in [-0.15, -0.1) is 23.1 Å². The van der Waals surface area contributed by atoms with E-state index >= 15 is 0 Å². The van der Waals surface area contributed by atoms with Gasteiger partial charge in [0.2, 0.25) is 0 Å². The van der Waals surface area contributed by atoms with E-state index in [1.807, 2.05) is 54.6 Å². The lowest BCUT2D eigenvalue weighted by Gasteiger charge is -2.17. The summed E-state index contributed by atoms with van der Waals surface area (Å²) >= 11 is 9.09. The molecule has 0 aliphatic rings. The Hall–Kier alpha value is -2.02. The van der Waals surface area contributed by atoms with Crippen molar-refractivity contribution in [2.45, 2.75) is 17.3 Å². The first kappa shape index (κ1) is 18.8. The van der Waals surface area contributed by atoms with Crippen LogP contribution in [0.25, 0.3) is 0 Å². The van der Waals surface area contributed by atoms with E-state index in [1.54, 1.807) is 29.9 Å². The largest absolute Gasteiger partial charge is 0.322 e. The molecule has 1 N–H and O–H groups in total. The molecule has 134 valence electrons. The van der Waals surface area contributed by atoms with Crippen molar-refractivity contribution in [3.8, 4) is 0 Å². The van der Waals surface area contributed by atoms with E-state index in [2.05, 4.69) is 10.3 Å². The van der Waals surface area contributed by atoms with Crippen LogP contribution in [0.4, 0.5) is 10.5 Å². The molecule has 0 radical (unpaired) electrons. The zero-order valence-corrected chi connectivity index (χ0v) is 16.6. The normalized spacial score (nSPS) is 10.5. The van der Waals surface area contributed by atoms with Crippen molar-refractivity contribution in [2.75, 3.05) is 12.4 Å². The van der Waals surface area contributed by atoms with Gasteiger partial charge < -0.3 is 10.2 Å². The number of hydrogen-bond donors (Lipinski definition) is 1. The van der Waals surface area contributed by atoms with E-state index in [9.17, 15) is 4.79 Å². The van der Waals surface area contributed by atoms with E-state index in [1.165, 1.54) is 11.3 Å². The summed E-state index contributed by atoms with van der Waals surface area (Å²) in [6.07, 6.45) is 1.79. The second-order valence-electron chi connectivity index (χ2n) is 5.65. The van der Waals surface area contributed by atoms with Crippen molar-refractivity contribution in [3.05, 3.63) is 75.6 Å². The van der Waals surface area contributed by atoms with Crippen LogP contribution in [0.1, 0.15) is 10.4 Å². The summed E-state index contributed by atoms with van der Waals surface area (Å²) < 4.78 is 0.729. The molecular formula is C19H18ClN3OS2. The molecule has 26 heavy (non-hydrogen) atoms. The molecule has 2 heterocycles. The Kier molecular flexibility index (Phi) is 6.55. The minimum Gasteiger partial charge on any atom is -0.322 e. The third-order valence-corrected chi connectivity index (χ3v) is 5.80. The Morgan fingerprint density at radius 2 is 2.12 bits per heavy atom. The van der Waals surface area contributed by atoms with Crippen LogP contribution in [0, 0.1) is 0 Å². The summed E-state index contributed by atoms with van der Waals surface area (Å²) in [5, 5.41) is 3.92. The fourth-order valence-electron chi connectivity index (χ4n) is 2.29. The summed E-state index contributed by atoms with van der Waals surface area (Å²) in [7, 11) is 1.77.